The predicted molar refractivity (Wildman–Crippen MR) is 78.1 cm³/mol. The molecule has 1 aliphatic heterocycles. The molecule has 19 heavy (non-hydrogen) atoms. The number of aromatic nitrogens is 2. The summed E-state index contributed by atoms with van der Waals surface area (Å²) in [5.41, 5.74) is 0. The molecule has 1 aliphatic rings. The lowest BCUT2D eigenvalue weighted by atomic mass is 10.1. The van der Waals surface area contributed by atoms with Crippen molar-refractivity contribution >= 4 is 11.8 Å². The fourth-order valence-electron chi connectivity index (χ4n) is 2.55. The maximum atomic E-state index is 5.31. The monoisotopic (exact) mass is 284 g/mol. The van der Waals surface area contributed by atoms with Crippen molar-refractivity contribution in [1.29, 1.82) is 0 Å². The summed E-state index contributed by atoms with van der Waals surface area (Å²) in [4.78, 5) is 9.20. The van der Waals surface area contributed by atoms with Gasteiger partial charge in [0.05, 0.1) is 12.3 Å². The first kappa shape index (κ1) is 14.8. The Hall–Kier alpha value is -0.590. The third kappa shape index (κ3) is 4.47. The molecule has 0 amide bonds. The average molecular weight is 284 g/mol. The maximum absolute atomic E-state index is 5.31. The van der Waals surface area contributed by atoms with E-state index in [4.69, 9.17) is 4.52 Å². The average Bonchev–Trinajstić information content (AvgIpc) is 2.67. The summed E-state index contributed by atoms with van der Waals surface area (Å²) in [7, 11) is 4.35. The van der Waals surface area contributed by atoms with Crippen molar-refractivity contribution in [3.8, 4) is 0 Å². The molecular formula is C13H24N4OS. The van der Waals surface area contributed by atoms with Gasteiger partial charge in [-0.05, 0) is 46.2 Å². The molecule has 0 spiro atoms. The second-order valence-corrected chi connectivity index (χ2v) is 6.23. The van der Waals surface area contributed by atoms with Crippen LogP contribution in [0.2, 0.25) is 0 Å². The number of thioether (sulfide) groups is 1. The van der Waals surface area contributed by atoms with Crippen molar-refractivity contribution in [2.45, 2.75) is 37.6 Å². The Morgan fingerprint density at radius 2 is 2.21 bits per heavy atom. The first-order valence-electron chi connectivity index (χ1n) is 6.88. The van der Waals surface area contributed by atoms with Gasteiger partial charge in [-0.1, -0.05) is 5.16 Å². The third-order valence-corrected chi connectivity index (χ3v) is 4.21. The van der Waals surface area contributed by atoms with Gasteiger partial charge in [0.25, 0.3) is 0 Å². The molecule has 0 radical (unpaired) electrons. The Balaban J connectivity index is 1.85. The molecule has 0 unspecified atom stereocenters. The minimum Gasteiger partial charge on any atom is -0.338 e. The molecule has 0 aromatic carbocycles. The Kier molecular flexibility index (Phi) is 5.66. The summed E-state index contributed by atoms with van der Waals surface area (Å²) in [5, 5.41) is 4.00. The summed E-state index contributed by atoms with van der Waals surface area (Å²) >= 11 is 1.72. The van der Waals surface area contributed by atoms with Crippen molar-refractivity contribution in [2.24, 2.45) is 0 Å². The van der Waals surface area contributed by atoms with E-state index in [1.54, 1.807) is 11.8 Å². The standard InChI is InChI=1S/C13H24N4OS/c1-16(2)11-5-4-7-17(8-6-11)9-13-14-12(10-19-3)15-18-13/h11H,4-10H2,1-3H3/t11-/m0/s1. The number of hydrogen-bond acceptors (Lipinski definition) is 6. The van der Waals surface area contributed by atoms with Gasteiger partial charge in [-0.3, -0.25) is 4.90 Å². The van der Waals surface area contributed by atoms with E-state index in [1.807, 2.05) is 6.26 Å². The number of nitrogens with zero attached hydrogens (tertiary/aromatic N) is 4. The first-order chi connectivity index (χ1) is 9.19. The van der Waals surface area contributed by atoms with Crippen molar-refractivity contribution in [3.63, 3.8) is 0 Å². The first-order valence-corrected chi connectivity index (χ1v) is 8.27. The third-order valence-electron chi connectivity index (χ3n) is 3.66. The van der Waals surface area contributed by atoms with E-state index in [1.165, 1.54) is 19.3 Å². The van der Waals surface area contributed by atoms with Crippen LogP contribution in [0.25, 0.3) is 0 Å². The Bertz CT molecular complexity index is 382. The molecule has 0 aliphatic carbocycles. The van der Waals surface area contributed by atoms with Gasteiger partial charge < -0.3 is 9.42 Å². The van der Waals surface area contributed by atoms with Gasteiger partial charge in [0.1, 0.15) is 0 Å². The molecule has 2 heterocycles. The molecule has 6 heteroatoms. The molecule has 108 valence electrons. The van der Waals surface area contributed by atoms with Crippen molar-refractivity contribution in [2.75, 3.05) is 33.4 Å². The molecule has 0 bridgehead atoms. The SMILES string of the molecule is CSCc1noc(CN2CCC[C@H](N(C)C)CC2)n1. The van der Waals surface area contributed by atoms with Crippen LogP contribution in [0.5, 0.6) is 0 Å². The lowest BCUT2D eigenvalue weighted by Crippen LogP contribution is -2.30. The van der Waals surface area contributed by atoms with E-state index in [0.29, 0.717) is 6.04 Å². The molecule has 1 saturated heterocycles. The smallest absolute Gasteiger partial charge is 0.240 e. The fraction of sp³-hybridized carbons (Fsp3) is 0.846. The van der Waals surface area contributed by atoms with Crippen LogP contribution >= 0.6 is 11.8 Å². The van der Waals surface area contributed by atoms with Crippen molar-refractivity contribution < 1.29 is 4.52 Å². The van der Waals surface area contributed by atoms with Crippen LogP contribution in [0, 0.1) is 0 Å². The van der Waals surface area contributed by atoms with Gasteiger partial charge in [-0.2, -0.15) is 16.7 Å². The molecule has 1 fully saturated rings. The molecule has 0 saturated carbocycles. The quantitative estimate of drug-likeness (QED) is 0.822. The predicted octanol–water partition coefficient (Wildman–Crippen LogP) is 1.85. The van der Waals surface area contributed by atoms with Gasteiger partial charge in [-0.25, -0.2) is 0 Å². The largest absolute Gasteiger partial charge is 0.338 e. The molecule has 0 N–H and O–H groups in total. The minimum absolute atomic E-state index is 0.708. The van der Waals surface area contributed by atoms with Crippen LogP contribution in [0.1, 0.15) is 31.0 Å². The van der Waals surface area contributed by atoms with Gasteiger partial charge in [-0.15, -0.1) is 0 Å². The molecule has 1 atom stereocenters. The zero-order valence-corrected chi connectivity index (χ0v) is 12.9. The Morgan fingerprint density at radius 1 is 1.37 bits per heavy atom. The van der Waals surface area contributed by atoms with Crippen LogP contribution in [0.15, 0.2) is 4.52 Å². The number of hydrogen-bond donors (Lipinski definition) is 0. The second kappa shape index (κ2) is 7.26. The summed E-state index contributed by atoms with van der Waals surface area (Å²) in [6, 6.07) is 0.708. The minimum atomic E-state index is 0.708. The van der Waals surface area contributed by atoms with Gasteiger partial charge in [0, 0.05) is 12.6 Å². The van der Waals surface area contributed by atoms with Gasteiger partial charge >= 0.3 is 0 Å². The second-order valence-electron chi connectivity index (χ2n) is 5.36. The van der Waals surface area contributed by atoms with Crippen LogP contribution in [0.3, 0.4) is 0 Å². The lowest BCUT2D eigenvalue weighted by Gasteiger charge is -2.22. The molecular weight excluding hydrogens is 260 g/mol. The maximum Gasteiger partial charge on any atom is 0.240 e. The normalized spacial score (nSPS) is 21.8. The fourth-order valence-corrected chi connectivity index (χ4v) is 2.92. The van der Waals surface area contributed by atoms with Gasteiger partial charge in [0.15, 0.2) is 5.82 Å². The van der Waals surface area contributed by atoms with E-state index in [2.05, 4.69) is 34.0 Å². The summed E-state index contributed by atoms with van der Waals surface area (Å²) < 4.78 is 5.31. The van der Waals surface area contributed by atoms with Crippen LogP contribution in [0.4, 0.5) is 0 Å². The van der Waals surface area contributed by atoms with Gasteiger partial charge in [0.2, 0.25) is 5.89 Å². The highest BCUT2D eigenvalue weighted by Crippen LogP contribution is 2.16. The topological polar surface area (TPSA) is 45.4 Å². The Labute approximate surface area is 119 Å². The van der Waals surface area contributed by atoms with Crippen molar-refractivity contribution in [3.05, 3.63) is 11.7 Å². The highest BCUT2D eigenvalue weighted by atomic mass is 32.2. The van der Waals surface area contributed by atoms with E-state index >= 15 is 0 Å². The lowest BCUT2D eigenvalue weighted by molar-refractivity contribution is 0.221. The number of rotatable bonds is 5. The Morgan fingerprint density at radius 3 is 2.95 bits per heavy atom. The molecule has 1 aromatic heterocycles. The van der Waals surface area contributed by atoms with Crippen LogP contribution in [-0.2, 0) is 12.3 Å². The zero-order chi connectivity index (χ0) is 13.7. The van der Waals surface area contributed by atoms with Crippen LogP contribution in [-0.4, -0.2) is 59.4 Å². The summed E-state index contributed by atoms with van der Waals surface area (Å²) in [6.07, 6.45) is 5.80. The van der Waals surface area contributed by atoms with Crippen LogP contribution < -0.4 is 0 Å². The van der Waals surface area contributed by atoms with Crippen molar-refractivity contribution in [1.82, 2.24) is 19.9 Å². The summed E-state index contributed by atoms with van der Waals surface area (Å²) in [6.45, 7) is 3.04. The van der Waals surface area contributed by atoms with E-state index in [-0.39, 0.29) is 0 Å². The highest BCUT2D eigenvalue weighted by Gasteiger charge is 2.19. The summed E-state index contributed by atoms with van der Waals surface area (Å²) in [5.74, 6) is 2.39. The molecule has 2 rings (SSSR count). The highest BCUT2D eigenvalue weighted by molar-refractivity contribution is 7.97. The molecule has 5 nitrogen and oxygen atoms in total. The number of likely N-dealkylation sites (tertiary alicyclic amines) is 1. The van der Waals surface area contributed by atoms with E-state index in [9.17, 15) is 0 Å². The molecule has 1 aromatic rings. The zero-order valence-electron chi connectivity index (χ0n) is 12.1. The van der Waals surface area contributed by atoms with E-state index < -0.39 is 0 Å². The van der Waals surface area contributed by atoms with E-state index in [0.717, 1.165) is 37.1 Å².